The minimum absolute atomic E-state index is 0.0754. The molecule has 1 aromatic carbocycles. The molecule has 0 unspecified atom stereocenters. The van der Waals surface area contributed by atoms with E-state index in [4.69, 9.17) is 5.73 Å². The van der Waals surface area contributed by atoms with Crippen LogP contribution in [0.2, 0.25) is 0 Å². The summed E-state index contributed by atoms with van der Waals surface area (Å²) in [5.41, 5.74) is 6.78. The Kier molecular flexibility index (Phi) is 3.47. The Labute approximate surface area is 121 Å². The first-order valence-electron chi connectivity index (χ1n) is 6.93. The lowest BCUT2D eigenvalue weighted by Crippen LogP contribution is -2.33. The Morgan fingerprint density at radius 1 is 1.38 bits per heavy atom. The number of nitro benzene ring substituents is 1. The van der Waals surface area contributed by atoms with Crippen LogP contribution in [0.5, 0.6) is 0 Å². The number of nitrogen functional groups attached to an aromatic ring is 1. The largest absolute Gasteiger partial charge is 0.399 e. The highest BCUT2D eigenvalue weighted by Gasteiger charge is 2.26. The zero-order chi connectivity index (χ0) is 14.8. The molecule has 3 N–H and O–H groups in total. The fourth-order valence-corrected chi connectivity index (χ4v) is 2.85. The average molecular weight is 287 g/mol. The van der Waals surface area contributed by atoms with Crippen molar-refractivity contribution in [3.05, 3.63) is 46.5 Å². The van der Waals surface area contributed by atoms with Crippen LogP contribution in [-0.2, 0) is 0 Å². The van der Waals surface area contributed by atoms with E-state index in [2.05, 4.69) is 14.9 Å². The second-order valence-electron chi connectivity index (χ2n) is 5.24. The van der Waals surface area contributed by atoms with Crippen LogP contribution in [-0.4, -0.2) is 28.0 Å². The number of nitrogens with two attached hydrogens (primary N) is 1. The third-order valence-electron chi connectivity index (χ3n) is 3.94. The van der Waals surface area contributed by atoms with Crippen molar-refractivity contribution >= 4 is 17.1 Å². The van der Waals surface area contributed by atoms with Crippen LogP contribution in [0.1, 0.15) is 24.6 Å². The Hall–Kier alpha value is -2.57. The van der Waals surface area contributed by atoms with Gasteiger partial charge >= 0.3 is 0 Å². The summed E-state index contributed by atoms with van der Waals surface area (Å²) < 4.78 is 0. The van der Waals surface area contributed by atoms with Gasteiger partial charge in [0.15, 0.2) is 0 Å². The Bertz CT molecular complexity index is 633. The summed E-state index contributed by atoms with van der Waals surface area (Å²) in [7, 11) is 0. The zero-order valence-electron chi connectivity index (χ0n) is 11.5. The summed E-state index contributed by atoms with van der Waals surface area (Å²) in [4.78, 5) is 20.3. The lowest BCUT2D eigenvalue weighted by Gasteiger charge is -2.32. The number of nitrogens with zero attached hydrogens (tertiary/aromatic N) is 3. The number of nitro groups is 1. The van der Waals surface area contributed by atoms with Gasteiger partial charge in [-0.15, -0.1) is 0 Å². The van der Waals surface area contributed by atoms with Gasteiger partial charge in [-0.05, 0) is 25.0 Å². The molecule has 2 heterocycles. The van der Waals surface area contributed by atoms with E-state index in [1.165, 1.54) is 6.07 Å². The van der Waals surface area contributed by atoms with Gasteiger partial charge < -0.3 is 15.6 Å². The van der Waals surface area contributed by atoms with Crippen molar-refractivity contribution in [3.8, 4) is 0 Å². The average Bonchev–Trinajstić information content (AvgIpc) is 3.01. The third kappa shape index (κ3) is 2.67. The second kappa shape index (κ2) is 5.43. The standard InChI is InChI=1S/C14H17N5O2/c15-11-1-2-12(13(9-11)19(20)21)18-7-3-10(4-8-18)14-16-5-6-17-14/h1-2,5-6,9-10H,3-4,7-8,15H2,(H,16,17). The van der Waals surface area contributed by atoms with E-state index in [9.17, 15) is 10.1 Å². The van der Waals surface area contributed by atoms with Crippen LogP contribution in [0.15, 0.2) is 30.6 Å². The molecule has 1 fully saturated rings. The molecule has 7 heteroatoms. The predicted octanol–water partition coefficient (Wildman–Crippen LogP) is 2.28. The number of hydrogen-bond acceptors (Lipinski definition) is 5. The van der Waals surface area contributed by atoms with Crippen molar-refractivity contribution < 1.29 is 4.92 Å². The number of nitrogens with one attached hydrogen (secondary N) is 1. The molecule has 1 aliphatic rings. The smallest absolute Gasteiger partial charge is 0.294 e. The number of anilines is 2. The second-order valence-corrected chi connectivity index (χ2v) is 5.24. The van der Waals surface area contributed by atoms with Crippen molar-refractivity contribution in [2.75, 3.05) is 23.7 Å². The van der Waals surface area contributed by atoms with Gasteiger partial charge in [0.2, 0.25) is 0 Å². The lowest BCUT2D eigenvalue weighted by atomic mass is 9.95. The molecule has 2 aromatic rings. The predicted molar refractivity (Wildman–Crippen MR) is 80.3 cm³/mol. The molecule has 0 atom stereocenters. The maximum absolute atomic E-state index is 11.2. The zero-order valence-corrected chi connectivity index (χ0v) is 11.5. The molecular weight excluding hydrogens is 270 g/mol. The van der Waals surface area contributed by atoms with Crippen LogP contribution < -0.4 is 10.6 Å². The minimum atomic E-state index is -0.371. The highest BCUT2D eigenvalue weighted by Crippen LogP contribution is 2.34. The van der Waals surface area contributed by atoms with Gasteiger partial charge in [-0.1, -0.05) is 0 Å². The number of benzene rings is 1. The van der Waals surface area contributed by atoms with Crippen molar-refractivity contribution in [2.24, 2.45) is 0 Å². The molecule has 0 saturated carbocycles. The Balaban J connectivity index is 1.76. The molecule has 0 radical (unpaired) electrons. The number of rotatable bonds is 3. The highest BCUT2D eigenvalue weighted by atomic mass is 16.6. The maximum Gasteiger partial charge on any atom is 0.294 e. The Morgan fingerprint density at radius 3 is 2.76 bits per heavy atom. The monoisotopic (exact) mass is 287 g/mol. The SMILES string of the molecule is Nc1ccc(N2CCC(c3ncc[nH]3)CC2)c([N+](=O)[O-])c1. The van der Waals surface area contributed by atoms with Gasteiger partial charge in [-0.2, -0.15) is 0 Å². The van der Waals surface area contributed by atoms with Crippen molar-refractivity contribution in [3.63, 3.8) is 0 Å². The Morgan fingerprint density at radius 2 is 2.14 bits per heavy atom. The van der Waals surface area contributed by atoms with Gasteiger partial charge in [-0.3, -0.25) is 10.1 Å². The molecular formula is C14H17N5O2. The minimum Gasteiger partial charge on any atom is -0.399 e. The van der Waals surface area contributed by atoms with Crippen LogP contribution in [0.3, 0.4) is 0 Å². The first-order valence-corrected chi connectivity index (χ1v) is 6.93. The molecule has 0 aliphatic carbocycles. The molecule has 1 aromatic heterocycles. The normalized spacial score (nSPS) is 16.1. The fourth-order valence-electron chi connectivity index (χ4n) is 2.85. The topological polar surface area (TPSA) is 101 Å². The number of hydrogen-bond donors (Lipinski definition) is 2. The number of piperidine rings is 1. The summed E-state index contributed by atoms with van der Waals surface area (Å²) >= 11 is 0. The number of H-pyrrole nitrogens is 1. The molecule has 0 amide bonds. The molecule has 110 valence electrons. The van der Waals surface area contributed by atoms with E-state index in [1.807, 2.05) is 6.20 Å². The molecule has 3 rings (SSSR count). The van der Waals surface area contributed by atoms with Gasteiger partial charge in [-0.25, -0.2) is 4.98 Å². The quantitative estimate of drug-likeness (QED) is 0.512. The summed E-state index contributed by atoms with van der Waals surface area (Å²) in [5.74, 6) is 1.39. The van der Waals surface area contributed by atoms with Crippen LogP contribution >= 0.6 is 0 Å². The number of aromatic nitrogens is 2. The van der Waals surface area contributed by atoms with Crippen molar-refractivity contribution in [2.45, 2.75) is 18.8 Å². The van der Waals surface area contributed by atoms with E-state index in [0.717, 1.165) is 31.8 Å². The molecule has 21 heavy (non-hydrogen) atoms. The van der Waals surface area contributed by atoms with Gasteiger partial charge in [0.05, 0.1) is 4.92 Å². The van der Waals surface area contributed by atoms with Crippen LogP contribution in [0.4, 0.5) is 17.1 Å². The molecule has 0 spiro atoms. The van der Waals surface area contributed by atoms with E-state index in [0.29, 0.717) is 17.3 Å². The lowest BCUT2D eigenvalue weighted by molar-refractivity contribution is -0.384. The molecule has 0 bridgehead atoms. The van der Waals surface area contributed by atoms with E-state index in [1.54, 1.807) is 18.3 Å². The fraction of sp³-hybridized carbons (Fsp3) is 0.357. The van der Waals surface area contributed by atoms with Gasteiger partial charge in [0.25, 0.3) is 5.69 Å². The summed E-state index contributed by atoms with van der Waals surface area (Å²) in [6, 6.07) is 4.87. The summed E-state index contributed by atoms with van der Waals surface area (Å²) in [6.45, 7) is 1.55. The van der Waals surface area contributed by atoms with E-state index >= 15 is 0 Å². The van der Waals surface area contributed by atoms with Crippen molar-refractivity contribution in [1.29, 1.82) is 0 Å². The first-order chi connectivity index (χ1) is 10.1. The number of imidazole rings is 1. The van der Waals surface area contributed by atoms with Gasteiger partial charge in [0, 0.05) is 43.2 Å². The first kappa shape index (κ1) is 13.4. The van der Waals surface area contributed by atoms with Gasteiger partial charge in [0.1, 0.15) is 11.5 Å². The summed E-state index contributed by atoms with van der Waals surface area (Å²) in [6.07, 6.45) is 5.43. The number of aromatic amines is 1. The summed E-state index contributed by atoms with van der Waals surface area (Å²) in [5, 5.41) is 11.2. The highest BCUT2D eigenvalue weighted by molar-refractivity contribution is 5.68. The van der Waals surface area contributed by atoms with Crippen molar-refractivity contribution in [1.82, 2.24) is 9.97 Å². The van der Waals surface area contributed by atoms with Crippen LogP contribution in [0.25, 0.3) is 0 Å². The maximum atomic E-state index is 11.2. The molecule has 1 aliphatic heterocycles. The van der Waals surface area contributed by atoms with Crippen LogP contribution in [0, 0.1) is 10.1 Å². The third-order valence-corrected chi connectivity index (χ3v) is 3.94. The van der Waals surface area contributed by atoms with E-state index < -0.39 is 0 Å². The van der Waals surface area contributed by atoms with E-state index in [-0.39, 0.29) is 10.6 Å². The molecule has 7 nitrogen and oxygen atoms in total. The molecule has 1 saturated heterocycles.